The van der Waals surface area contributed by atoms with Crippen molar-refractivity contribution >= 4 is 5.82 Å². The van der Waals surface area contributed by atoms with Gasteiger partial charge in [-0.05, 0) is 30.5 Å². The number of hydrogen-bond acceptors (Lipinski definition) is 3. The Kier molecular flexibility index (Phi) is 2.82. The predicted octanol–water partition coefficient (Wildman–Crippen LogP) is 2.68. The Bertz CT molecular complexity index is 766. The monoisotopic (exact) mass is 267 g/mol. The number of rotatable bonds is 2. The van der Waals surface area contributed by atoms with Crippen molar-refractivity contribution in [3.8, 4) is 22.6 Å². The number of nitrogens with one attached hydrogen (secondary N) is 1. The summed E-state index contributed by atoms with van der Waals surface area (Å²) in [4.78, 5) is 4.36. The molecule has 102 valence electrons. The zero-order valence-electron chi connectivity index (χ0n) is 11.8. The minimum absolute atomic E-state index is 0.492. The van der Waals surface area contributed by atoms with E-state index in [2.05, 4.69) is 47.2 Å². The molecule has 0 aliphatic carbocycles. The lowest BCUT2D eigenvalue weighted by Gasteiger charge is -2.07. The molecule has 5 nitrogen and oxygen atoms in total. The second-order valence-electron chi connectivity index (χ2n) is 5.02. The van der Waals surface area contributed by atoms with Crippen molar-refractivity contribution in [2.75, 3.05) is 5.73 Å². The van der Waals surface area contributed by atoms with Gasteiger partial charge in [0.25, 0.3) is 0 Å². The van der Waals surface area contributed by atoms with E-state index in [1.807, 2.05) is 17.8 Å². The van der Waals surface area contributed by atoms with Gasteiger partial charge in [-0.25, -0.2) is 4.98 Å². The molecule has 2 heterocycles. The summed E-state index contributed by atoms with van der Waals surface area (Å²) in [7, 11) is 1.95. The number of anilines is 1. The van der Waals surface area contributed by atoms with Crippen LogP contribution in [0.5, 0.6) is 0 Å². The highest BCUT2D eigenvalue weighted by atomic mass is 15.2. The fourth-order valence-electron chi connectivity index (χ4n) is 2.31. The van der Waals surface area contributed by atoms with Gasteiger partial charge in [-0.3, -0.25) is 5.10 Å². The number of aryl methyl sites for hydroxylation is 3. The van der Waals surface area contributed by atoms with Crippen molar-refractivity contribution in [3.05, 3.63) is 41.7 Å². The average molecular weight is 267 g/mol. The first-order valence-electron chi connectivity index (χ1n) is 6.47. The molecule has 3 rings (SSSR count). The van der Waals surface area contributed by atoms with E-state index in [1.165, 1.54) is 11.1 Å². The number of hydrogen-bond donors (Lipinski definition) is 2. The number of aromatic nitrogens is 4. The predicted molar refractivity (Wildman–Crippen MR) is 80.1 cm³/mol. The van der Waals surface area contributed by atoms with Crippen molar-refractivity contribution in [2.24, 2.45) is 7.05 Å². The van der Waals surface area contributed by atoms with Crippen molar-refractivity contribution in [1.82, 2.24) is 19.7 Å². The maximum atomic E-state index is 6.04. The van der Waals surface area contributed by atoms with Crippen molar-refractivity contribution in [3.63, 3.8) is 0 Å². The molecule has 0 bridgehead atoms. The fraction of sp³-hybridized carbons (Fsp3) is 0.200. The molecule has 0 aliphatic rings. The number of nitrogens with zero attached hydrogens (tertiary/aromatic N) is 3. The topological polar surface area (TPSA) is 72.5 Å². The molecule has 3 N–H and O–H groups in total. The van der Waals surface area contributed by atoms with Gasteiger partial charge in [0, 0.05) is 19.4 Å². The van der Waals surface area contributed by atoms with E-state index in [0.29, 0.717) is 5.82 Å². The Morgan fingerprint density at radius 3 is 2.65 bits per heavy atom. The molecule has 0 atom stereocenters. The maximum absolute atomic E-state index is 6.04. The van der Waals surface area contributed by atoms with Gasteiger partial charge >= 0.3 is 0 Å². The molecule has 5 heteroatoms. The standard InChI is InChI=1S/C15H17N5/c1-9-4-5-11(8-10(9)2)12-13(18-19-14(12)16)15-17-6-7-20(15)3/h4-8H,1-3H3,(H3,16,18,19). The summed E-state index contributed by atoms with van der Waals surface area (Å²) in [5.41, 5.74) is 11.3. The molecule has 1 aromatic carbocycles. The van der Waals surface area contributed by atoms with Crippen LogP contribution in [0.25, 0.3) is 22.6 Å². The third kappa shape index (κ3) is 1.87. The van der Waals surface area contributed by atoms with Crippen molar-refractivity contribution < 1.29 is 0 Å². The number of aromatic amines is 1. The van der Waals surface area contributed by atoms with Gasteiger partial charge in [-0.2, -0.15) is 5.10 Å². The van der Waals surface area contributed by atoms with Gasteiger partial charge in [-0.1, -0.05) is 18.2 Å². The summed E-state index contributed by atoms with van der Waals surface area (Å²) >= 11 is 0. The Morgan fingerprint density at radius 1 is 1.20 bits per heavy atom. The van der Waals surface area contributed by atoms with Crippen LogP contribution in [0, 0.1) is 13.8 Å². The molecule has 20 heavy (non-hydrogen) atoms. The third-order valence-electron chi connectivity index (χ3n) is 3.63. The van der Waals surface area contributed by atoms with E-state index in [9.17, 15) is 0 Å². The van der Waals surface area contributed by atoms with Crippen LogP contribution in [0.1, 0.15) is 11.1 Å². The molecule has 3 aromatic rings. The molecule has 2 aromatic heterocycles. The lowest BCUT2D eigenvalue weighted by Crippen LogP contribution is -1.95. The minimum Gasteiger partial charge on any atom is -0.382 e. The second-order valence-corrected chi connectivity index (χ2v) is 5.02. The Hall–Kier alpha value is -2.56. The molecule has 0 saturated carbocycles. The summed E-state index contributed by atoms with van der Waals surface area (Å²) in [6.45, 7) is 4.19. The Labute approximate surface area is 117 Å². The number of benzene rings is 1. The molecule has 0 spiro atoms. The molecule has 0 saturated heterocycles. The number of H-pyrrole nitrogens is 1. The number of imidazole rings is 1. The second kappa shape index (κ2) is 4.52. The van der Waals surface area contributed by atoms with E-state index in [0.717, 1.165) is 22.6 Å². The van der Waals surface area contributed by atoms with Crippen molar-refractivity contribution in [2.45, 2.75) is 13.8 Å². The zero-order chi connectivity index (χ0) is 14.3. The average Bonchev–Trinajstić information content (AvgIpc) is 2.99. The summed E-state index contributed by atoms with van der Waals surface area (Å²) in [5, 5.41) is 7.13. The van der Waals surface area contributed by atoms with Crippen LogP contribution in [0.15, 0.2) is 30.6 Å². The lowest BCUT2D eigenvalue weighted by molar-refractivity contribution is 0.914. The Morgan fingerprint density at radius 2 is 2.00 bits per heavy atom. The van der Waals surface area contributed by atoms with Crippen LogP contribution in [-0.2, 0) is 7.05 Å². The van der Waals surface area contributed by atoms with Crippen LogP contribution >= 0.6 is 0 Å². The van der Waals surface area contributed by atoms with Crippen LogP contribution in [0.4, 0.5) is 5.82 Å². The van der Waals surface area contributed by atoms with E-state index in [-0.39, 0.29) is 0 Å². The lowest BCUT2D eigenvalue weighted by atomic mass is 10.00. The molecule has 0 fully saturated rings. The van der Waals surface area contributed by atoms with E-state index in [1.54, 1.807) is 6.20 Å². The molecular formula is C15H17N5. The van der Waals surface area contributed by atoms with Gasteiger partial charge in [0.2, 0.25) is 0 Å². The van der Waals surface area contributed by atoms with Crippen LogP contribution < -0.4 is 5.73 Å². The molecule has 0 aliphatic heterocycles. The zero-order valence-corrected chi connectivity index (χ0v) is 11.8. The summed E-state index contributed by atoms with van der Waals surface area (Å²) in [6.07, 6.45) is 3.66. The van der Waals surface area contributed by atoms with Crippen LogP contribution in [0.2, 0.25) is 0 Å². The smallest absolute Gasteiger partial charge is 0.158 e. The molecule has 0 unspecified atom stereocenters. The first-order valence-corrected chi connectivity index (χ1v) is 6.47. The van der Waals surface area contributed by atoms with E-state index < -0.39 is 0 Å². The van der Waals surface area contributed by atoms with Crippen molar-refractivity contribution in [1.29, 1.82) is 0 Å². The maximum Gasteiger partial charge on any atom is 0.158 e. The van der Waals surface area contributed by atoms with Crippen LogP contribution in [-0.4, -0.2) is 19.7 Å². The van der Waals surface area contributed by atoms with Gasteiger partial charge in [0.1, 0.15) is 5.69 Å². The Balaban J connectivity index is 2.21. The highest BCUT2D eigenvalue weighted by Gasteiger charge is 2.17. The molecule has 0 radical (unpaired) electrons. The molecule has 0 amide bonds. The number of nitrogens with two attached hydrogens (primary N) is 1. The first kappa shape index (κ1) is 12.5. The summed E-state index contributed by atoms with van der Waals surface area (Å²) < 4.78 is 1.94. The minimum atomic E-state index is 0.492. The van der Waals surface area contributed by atoms with E-state index >= 15 is 0 Å². The normalized spacial score (nSPS) is 10.9. The van der Waals surface area contributed by atoms with Gasteiger partial charge in [0.15, 0.2) is 11.6 Å². The quantitative estimate of drug-likeness (QED) is 0.749. The molecular weight excluding hydrogens is 250 g/mol. The van der Waals surface area contributed by atoms with E-state index in [4.69, 9.17) is 5.73 Å². The fourth-order valence-corrected chi connectivity index (χ4v) is 2.31. The van der Waals surface area contributed by atoms with Crippen LogP contribution in [0.3, 0.4) is 0 Å². The highest BCUT2D eigenvalue weighted by Crippen LogP contribution is 2.34. The van der Waals surface area contributed by atoms with Gasteiger partial charge in [-0.15, -0.1) is 0 Å². The number of nitrogen functional groups attached to an aromatic ring is 1. The van der Waals surface area contributed by atoms with Gasteiger partial charge in [0.05, 0.1) is 5.56 Å². The largest absolute Gasteiger partial charge is 0.382 e. The highest BCUT2D eigenvalue weighted by molar-refractivity contribution is 5.86. The summed E-state index contributed by atoms with van der Waals surface area (Å²) in [6, 6.07) is 6.29. The summed E-state index contributed by atoms with van der Waals surface area (Å²) in [5.74, 6) is 1.31. The van der Waals surface area contributed by atoms with Gasteiger partial charge < -0.3 is 10.3 Å². The first-order chi connectivity index (χ1) is 9.58. The third-order valence-corrected chi connectivity index (χ3v) is 3.63. The SMILES string of the molecule is Cc1ccc(-c2c(N)n[nH]c2-c2nccn2C)cc1C.